The summed E-state index contributed by atoms with van der Waals surface area (Å²) in [5.74, 6) is -3.91. The first-order valence-electron chi connectivity index (χ1n) is 7.47. The molecular formula is C14H24O7S-2. The van der Waals surface area contributed by atoms with Crippen LogP contribution in [0.4, 0.5) is 0 Å². The lowest BCUT2D eigenvalue weighted by Crippen LogP contribution is -2.68. The highest BCUT2D eigenvalue weighted by atomic mass is 32.2. The highest BCUT2D eigenvalue weighted by Gasteiger charge is 2.59. The molecule has 0 aliphatic heterocycles. The Labute approximate surface area is 131 Å². The zero-order chi connectivity index (χ0) is 17.6. The molecule has 7 nitrogen and oxygen atoms in total. The van der Waals surface area contributed by atoms with Gasteiger partial charge in [0.1, 0.15) is 4.75 Å². The number of carboxylic acid groups (broad SMARTS) is 2. The second kappa shape index (κ2) is 7.92. The van der Waals surface area contributed by atoms with Crippen molar-refractivity contribution in [3.8, 4) is 0 Å². The summed E-state index contributed by atoms with van der Waals surface area (Å²) in [4.78, 5) is 23.3. The third-order valence-electron chi connectivity index (χ3n) is 4.52. The minimum Gasteiger partial charge on any atom is -0.549 e. The van der Waals surface area contributed by atoms with E-state index in [1.807, 2.05) is 6.92 Å². The summed E-state index contributed by atoms with van der Waals surface area (Å²) in [6.07, 6.45) is 1.10. The van der Waals surface area contributed by atoms with Crippen molar-refractivity contribution in [2.24, 2.45) is 5.41 Å². The van der Waals surface area contributed by atoms with Gasteiger partial charge in [-0.2, -0.15) is 8.42 Å². The lowest BCUT2D eigenvalue weighted by molar-refractivity contribution is -0.333. The van der Waals surface area contributed by atoms with Gasteiger partial charge in [-0.15, -0.1) is 0 Å². The van der Waals surface area contributed by atoms with Crippen molar-refractivity contribution in [2.45, 2.75) is 70.5 Å². The van der Waals surface area contributed by atoms with E-state index in [0.717, 1.165) is 12.8 Å². The van der Waals surface area contributed by atoms with E-state index in [9.17, 15) is 32.8 Å². The quantitative estimate of drug-likeness (QED) is 0.411. The number of carbonyl (C=O) groups excluding carboxylic acids is 2. The van der Waals surface area contributed by atoms with Gasteiger partial charge < -0.3 is 19.8 Å². The zero-order valence-electron chi connectivity index (χ0n) is 13.3. The Hall–Kier alpha value is -1.15. The van der Waals surface area contributed by atoms with Crippen LogP contribution in [-0.4, -0.2) is 29.7 Å². The van der Waals surface area contributed by atoms with Crippen LogP contribution < -0.4 is 10.2 Å². The fourth-order valence-electron chi connectivity index (χ4n) is 3.09. The Bertz CT molecular complexity index is 493. The molecule has 0 heterocycles. The van der Waals surface area contributed by atoms with Crippen molar-refractivity contribution in [1.82, 2.24) is 0 Å². The van der Waals surface area contributed by atoms with Gasteiger partial charge in [0, 0.05) is 11.4 Å². The third-order valence-corrected chi connectivity index (χ3v) is 6.17. The van der Waals surface area contributed by atoms with E-state index >= 15 is 0 Å². The van der Waals surface area contributed by atoms with Gasteiger partial charge in [-0.05, 0) is 19.3 Å². The van der Waals surface area contributed by atoms with Crippen molar-refractivity contribution in [3.05, 3.63) is 0 Å². The summed E-state index contributed by atoms with van der Waals surface area (Å²) in [6.45, 7) is 4.63. The fraction of sp³-hybridized carbons (Fsp3) is 0.857. The molecule has 0 bridgehead atoms. The topological polar surface area (TPSA) is 135 Å². The molecule has 0 aliphatic rings. The third kappa shape index (κ3) is 3.43. The summed E-state index contributed by atoms with van der Waals surface area (Å²) in [6, 6.07) is 0. The first-order valence-corrected chi connectivity index (χ1v) is 8.91. The molecule has 1 unspecified atom stereocenters. The molecule has 0 aromatic heterocycles. The predicted molar refractivity (Wildman–Crippen MR) is 76.1 cm³/mol. The molecular weight excluding hydrogens is 312 g/mol. The van der Waals surface area contributed by atoms with Gasteiger partial charge in [-0.1, -0.05) is 46.5 Å². The van der Waals surface area contributed by atoms with Crippen molar-refractivity contribution >= 4 is 22.1 Å². The normalized spacial score (nSPS) is 15.3. The van der Waals surface area contributed by atoms with Crippen LogP contribution in [0.25, 0.3) is 0 Å². The number of hydrogen-bond donors (Lipinski definition) is 1. The number of carboxylic acids is 2. The highest BCUT2D eigenvalue weighted by Crippen LogP contribution is 2.46. The van der Waals surface area contributed by atoms with Crippen LogP contribution in [0.15, 0.2) is 0 Å². The summed E-state index contributed by atoms with van der Waals surface area (Å²) in [7, 11) is -5.22. The van der Waals surface area contributed by atoms with Gasteiger partial charge in [0.25, 0.3) is 10.1 Å². The van der Waals surface area contributed by atoms with Gasteiger partial charge in [0.15, 0.2) is 0 Å². The minimum absolute atomic E-state index is 0.149. The fourth-order valence-corrected chi connectivity index (χ4v) is 4.57. The molecule has 8 heteroatoms. The van der Waals surface area contributed by atoms with Crippen LogP contribution in [-0.2, 0) is 19.7 Å². The summed E-state index contributed by atoms with van der Waals surface area (Å²) in [5, 5.41) is 23.3. The minimum atomic E-state index is -5.22. The molecule has 0 spiro atoms. The summed E-state index contributed by atoms with van der Waals surface area (Å²) < 4.78 is 30.4. The molecule has 0 aliphatic carbocycles. The van der Waals surface area contributed by atoms with E-state index in [-0.39, 0.29) is 19.3 Å². The van der Waals surface area contributed by atoms with Gasteiger partial charge in [0.2, 0.25) is 0 Å². The average molecular weight is 336 g/mol. The molecule has 0 rings (SSSR count). The van der Waals surface area contributed by atoms with Crippen molar-refractivity contribution in [1.29, 1.82) is 0 Å². The average Bonchev–Trinajstić information content (AvgIpc) is 2.40. The smallest absolute Gasteiger partial charge is 0.277 e. The maximum absolute atomic E-state index is 11.9. The van der Waals surface area contributed by atoms with Gasteiger partial charge in [0.05, 0.1) is 5.97 Å². The van der Waals surface area contributed by atoms with Gasteiger partial charge >= 0.3 is 0 Å². The second-order valence-corrected chi connectivity index (χ2v) is 7.12. The molecule has 0 saturated heterocycles. The number of unbranched alkanes of at least 4 members (excludes halogenated alkanes) is 3. The Kier molecular flexibility index (Phi) is 7.50. The van der Waals surface area contributed by atoms with Crippen LogP contribution in [0, 0.1) is 5.41 Å². The van der Waals surface area contributed by atoms with Crippen LogP contribution >= 0.6 is 0 Å². The van der Waals surface area contributed by atoms with Crippen molar-refractivity contribution < 1.29 is 32.8 Å². The van der Waals surface area contributed by atoms with E-state index in [2.05, 4.69) is 0 Å². The van der Waals surface area contributed by atoms with E-state index < -0.39 is 38.6 Å². The number of hydrogen-bond acceptors (Lipinski definition) is 6. The van der Waals surface area contributed by atoms with Crippen molar-refractivity contribution in [2.75, 3.05) is 0 Å². The lowest BCUT2D eigenvalue weighted by atomic mass is 9.68. The molecule has 0 amide bonds. The molecule has 130 valence electrons. The van der Waals surface area contributed by atoms with E-state index in [4.69, 9.17) is 0 Å². The van der Waals surface area contributed by atoms with E-state index in [1.54, 1.807) is 0 Å². The monoisotopic (exact) mass is 336 g/mol. The van der Waals surface area contributed by atoms with Gasteiger partial charge in [-0.25, -0.2) is 0 Å². The number of aliphatic carboxylic acids is 2. The zero-order valence-corrected chi connectivity index (χ0v) is 14.1. The van der Waals surface area contributed by atoms with Gasteiger partial charge in [-0.3, -0.25) is 4.55 Å². The number of carbonyl (C=O) groups is 2. The molecule has 0 aromatic carbocycles. The van der Waals surface area contributed by atoms with Crippen LogP contribution in [0.1, 0.15) is 65.7 Å². The molecule has 0 aromatic rings. The SMILES string of the molecule is CCCCCCC(C(=O)[O-])(C(CC)(CC)C(=O)[O-])S(=O)(=O)O. The maximum Gasteiger partial charge on any atom is 0.277 e. The Morgan fingerprint density at radius 1 is 0.955 bits per heavy atom. The summed E-state index contributed by atoms with van der Waals surface area (Å²) in [5.41, 5.74) is -2.24. The van der Waals surface area contributed by atoms with Crippen LogP contribution in [0.2, 0.25) is 0 Å². The summed E-state index contributed by atoms with van der Waals surface area (Å²) >= 11 is 0. The van der Waals surface area contributed by atoms with Crippen LogP contribution in [0.3, 0.4) is 0 Å². The molecule has 0 saturated carbocycles. The largest absolute Gasteiger partial charge is 0.549 e. The molecule has 0 fully saturated rings. The van der Waals surface area contributed by atoms with Crippen LogP contribution in [0.5, 0.6) is 0 Å². The Morgan fingerprint density at radius 2 is 1.45 bits per heavy atom. The predicted octanol–water partition coefficient (Wildman–Crippen LogP) is -0.110. The first kappa shape index (κ1) is 20.9. The first-order chi connectivity index (χ1) is 10.1. The molecule has 0 radical (unpaired) electrons. The van der Waals surface area contributed by atoms with E-state index in [0.29, 0.717) is 6.42 Å². The second-order valence-electron chi connectivity index (χ2n) is 5.48. The number of rotatable bonds is 11. The molecule has 1 atom stereocenters. The van der Waals surface area contributed by atoms with E-state index in [1.165, 1.54) is 13.8 Å². The van der Waals surface area contributed by atoms with Crippen molar-refractivity contribution in [3.63, 3.8) is 0 Å². The highest BCUT2D eigenvalue weighted by molar-refractivity contribution is 7.88. The Morgan fingerprint density at radius 3 is 1.73 bits per heavy atom. The molecule has 22 heavy (non-hydrogen) atoms. The maximum atomic E-state index is 11.9. The lowest BCUT2D eigenvalue weighted by Gasteiger charge is -2.49. The molecule has 1 N–H and O–H groups in total. The Balaban J connectivity index is 6.17. The standard InChI is InChI=1S/C14H26O7S/c1-4-7-8-9-10-14(12(17)18,22(19,20)21)13(5-2,6-3)11(15)16/h4-10H2,1-3H3,(H,15,16)(H,17,18)(H,19,20,21)/p-2.